The first kappa shape index (κ1) is 15.7. The van der Waals surface area contributed by atoms with Gasteiger partial charge in [0.2, 0.25) is 5.91 Å². The lowest BCUT2D eigenvalue weighted by Crippen LogP contribution is -2.40. The van der Waals surface area contributed by atoms with Crippen LogP contribution in [0.15, 0.2) is 27.4 Å². The Morgan fingerprint density at radius 3 is 3.09 bits per heavy atom. The summed E-state index contributed by atoms with van der Waals surface area (Å²) >= 11 is 9.48. The van der Waals surface area contributed by atoms with Crippen LogP contribution in [0.2, 0.25) is 0 Å². The smallest absolute Gasteiger partial charge is 0.266 e. The number of thiocarbonyl (C=S) groups is 1. The molecule has 2 aliphatic rings. The maximum Gasteiger partial charge on any atom is 0.266 e. The maximum absolute atomic E-state index is 12.4. The molecular formula is C13H11N3O2S4. The average Bonchev–Trinajstić information content (AvgIpc) is 3.20. The van der Waals surface area contributed by atoms with Crippen molar-refractivity contribution in [3.05, 3.63) is 27.3 Å². The van der Waals surface area contributed by atoms with Gasteiger partial charge in [-0.1, -0.05) is 41.8 Å². The molecule has 9 heteroatoms. The van der Waals surface area contributed by atoms with E-state index in [-0.39, 0.29) is 18.4 Å². The Hall–Kier alpha value is -1.16. The molecule has 1 aromatic heterocycles. The molecule has 0 unspecified atom stereocenters. The van der Waals surface area contributed by atoms with Crippen molar-refractivity contribution >= 4 is 74.5 Å². The predicted octanol–water partition coefficient (Wildman–Crippen LogP) is 2.17. The molecule has 2 aliphatic heterocycles. The Morgan fingerprint density at radius 2 is 2.41 bits per heavy atom. The van der Waals surface area contributed by atoms with E-state index < -0.39 is 0 Å². The van der Waals surface area contributed by atoms with Crippen molar-refractivity contribution < 1.29 is 9.59 Å². The zero-order chi connectivity index (χ0) is 15.5. The van der Waals surface area contributed by atoms with Crippen molar-refractivity contribution in [2.24, 2.45) is 4.99 Å². The average molecular weight is 370 g/mol. The largest absolute Gasteiger partial charge is 0.304 e. The van der Waals surface area contributed by atoms with Crippen LogP contribution < -0.4 is 5.32 Å². The van der Waals surface area contributed by atoms with Gasteiger partial charge in [0.15, 0.2) is 5.17 Å². The number of thioether (sulfide) groups is 2. The van der Waals surface area contributed by atoms with Crippen LogP contribution in [0.3, 0.4) is 0 Å². The van der Waals surface area contributed by atoms with Crippen LogP contribution in [0.5, 0.6) is 0 Å². The number of thiophene rings is 1. The van der Waals surface area contributed by atoms with E-state index in [2.05, 4.69) is 10.3 Å². The maximum atomic E-state index is 12.4. The molecule has 1 fully saturated rings. The molecule has 5 nitrogen and oxygen atoms in total. The molecule has 22 heavy (non-hydrogen) atoms. The van der Waals surface area contributed by atoms with Crippen molar-refractivity contribution in [1.29, 1.82) is 0 Å². The van der Waals surface area contributed by atoms with E-state index in [4.69, 9.17) is 12.2 Å². The molecule has 3 rings (SSSR count). The van der Waals surface area contributed by atoms with Crippen molar-refractivity contribution in [2.45, 2.75) is 0 Å². The fraction of sp³-hybridized carbons (Fsp3) is 0.231. The van der Waals surface area contributed by atoms with E-state index in [0.717, 1.165) is 10.6 Å². The fourth-order valence-electron chi connectivity index (χ4n) is 1.85. The number of carbonyl (C=O) groups excluding carboxylic acids is 2. The zero-order valence-electron chi connectivity index (χ0n) is 11.3. The van der Waals surface area contributed by atoms with E-state index >= 15 is 0 Å². The fourth-order valence-corrected chi connectivity index (χ4v) is 4.57. The highest BCUT2D eigenvalue weighted by Crippen LogP contribution is 2.33. The summed E-state index contributed by atoms with van der Waals surface area (Å²) < 4.78 is 0.406. The molecule has 0 radical (unpaired) electrons. The lowest BCUT2D eigenvalue weighted by molar-refractivity contribution is -0.128. The van der Waals surface area contributed by atoms with Gasteiger partial charge in [-0.25, -0.2) is 0 Å². The first-order valence-corrected chi connectivity index (χ1v) is 9.48. The van der Waals surface area contributed by atoms with Gasteiger partial charge >= 0.3 is 0 Å². The number of rotatable bonds is 3. The third-order valence-electron chi connectivity index (χ3n) is 2.82. The lowest BCUT2D eigenvalue weighted by Gasteiger charge is -2.13. The zero-order valence-corrected chi connectivity index (χ0v) is 14.5. The Balaban J connectivity index is 1.65. The molecule has 3 heterocycles. The van der Waals surface area contributed by atoms with Crippen LogP contribution in [0.4, 0.5) is 0 Å². The normalized spacial score (nSPS) is 19.9. The van der Waals surface area contributed by atoms with Gasteiger partial charge in [0, 0.05) is 10.6 Å². The summed E-state index contributed by atoms with van der Waals surface area (Å²) in [6.07, 6.45) is 1.80. The SMILES string of the molecule is O=C(CN1C(=O)/C(=C\c2cccs2)SC1=S)NC1=NCCS1. The summed E-state index contributed by atoms with van der Waals surface area (Å²) in [4.78, 5) is 31.4. The molecule has 2 amide bonds. The van der Waals surface area contributed by atoms with Gasteiger partial charge in [0.1, 0.15) is 10.9 Å². The minimum Gasteiger partial charge on any atom is -0.304 e. The van der Waals surface area contributed by atoms with Crippen LogP contribution in [0.1, 0.15) is 4.88 Å². The van der Waals surface area contributed by atoms with E-state index in [1.165, 1.54) is 28.4 Å². The van der Waals surface area contributed by atoms with Crippen LogP contribution in [0.25, 0.3) is 6.08 Å². The van der Waals surface area contributed by atoms with Gasteiger partial charge in [0.25, 0.3) is 5.91 Å². The molecule has 114 valence electrons. The van der Waals surface area contributed by atoms with Gasteiger partial charge < -0.3 is 5.32 Å². The second-order valence-corrected chi connectivity index (χ2v) is 8.11. The topological polar surface area (TPSA) is 61.8 Å². The van der Waals surface area contributed by atoms with Crippen LogP contribution in [-0.4, -0.2) is 45.0 Å². The van der Waals surface area contributed by atoms with Gasteiger partial charge in [-0.05, 0) is 17.5 Å². The van der Waals surface area contributed by atoms with Gasteiger partial charge in [-0.3, -0.25) is 19.5 Å². The summed E-state index contributed by atoms with van der Waals surface area (Å²) in [6, 6.07) is 3.85. The summed E-state index contributed by atoms with van der Waals surface area (Å²) in [5.74, 6) is 0.377. The van der Waals surface area contributed by atoms with Crippen molar-refractivity contribution in [1.82, 2.24) is 10.2 Å². The van der Waals surface area contributed by atoms with Crippen molar-refractivity contribution in [2.75, 3.05) is 18.8 Å². The number of carbonyl (C=O) groups is 2. The van der Waals surface area contributed by atoms with Gasteiger partial charge in [-0.15, -0.1) is 11.3 Å². The molecule has 0 saturated carbocycles. The standard InChI is InChI=1S/C13H11N3O2S4/c17-10(15-12-14-3-5-21-12)7-16-11(18)9(22-13(16)19)6-8-2-1-4-20-8/h1-2,4,6H,3,5,7H2,(H,14,15,17)/b9-6+. The highest BCUT2D eigenvalue weighted by Gasteiger charge is 2.33. The molecule has 1 N–H and O–H groups in total. The number of amidine groups is 1. The number of hydrogen-bond acceptors (Lipinski definition) is 7. The monoisotopic (exact) mass is 369 g/mol. The molecule has 0 aliphatic carbocycles. The van der Waals surface area contributed by atoms with E-state index in [0.29, 0.717) is 20.9 Å². The predicted molar refractivity (Wildman–Crippen MR) is 97.1 cm³/mol. The Labute approximate surface area is 145 Å². The molecule has 0 atom stereocenters. The third-order valence-corrected chi connectivity index (χ3v) is 5.91. The quantitative estimate of drug-likeness (QED) is 0.654. The minimum atomic E-state index is -0.276. The molecule has 0 bridgehead atoms. The molecule has 0 aromatic carbocycles. The highest BCUT2D eigenvalue weighted by atomic mass is 32.2. The Morgan fingerprint density at radius 1 is 1.55 bits per heavy atom. The summed E-state index contributed by atoms with van der Waals surface area (Å²) in [5.41, 5.74) is 0. The summed E-state index contributed by atoms with van der Waals surface area (Å²) in [7, 11) is 0. The summed E-state index contributed by atoms with van der Waals surface area (Å²) in [5, 5.41) is 5.26. The lowest BCUT2D eigenvalue weighted by atomic mass is 10.3. The highest BCUT2D eigenvalue weighted by molar-refractivity contribution is 8.26. The first-order valence-electron chi connectivity index (χ1n) is 6.39. The molecule has 1 aromatic rings. The van der Waals surface area contributed by atoms with Crippen molar-refractivity contribution in [3.63, 3.8) is 0 Å². The Bertz CT molecular complexity index is 681. The third kappa shape index (κ3) is 3.60. The van der Waals surface area contributed by atoms with E-state index in [9.17, 15) is 9.59 Å². The first-order chi connectivity index (χ1) is 10.6. The number of hydrogen-bond donors (Lipinski definition) is 1. The van der Waals surface area contributed by atoms with Crippen molar-refractivity contribution in [3.8, 4) is 0 Å². The van der Waals surface area contributed by atoms with E-state index in [1.54, 1.807) is 17.4 Å². The number of amides is 2. The molecular weight excluding hydrogens is 358 g/mol. The number of nitrogens with zero attached hydrogens (tertiary/aromatic N) is 2. The molecule has 1 saturated heterocycles. The van der Waals surface area contributed by atoms with Crippen LogP contribution in [-0.2, 0) is 9.59 Å². The minimum absolute atomic E-state index is 0.0774. The van der Waals surface area contributed by atoms with E-state index in [1.807, 2.05) is 17.5 Å². The van der Waals surface area contributed by atoms with Crippen LogP contribution in [0, 0.1) is 0 Å². The molecule has 0 spiro atoms. The van der Waals surface area contributed by atoms with Crippen LogP contribution >= 0.6 is 47.1 Å². The number of nitrogens with one attached hydrogen (secondary N) is 1. The van der Waals surface area contributed by atoms with Gasteiger partial charge in [0.05, 0.1) is 11.4 Å². The Kier molecular flexibility index (Phi) is 4.97. The second kappa shape index (κ2) is 6.95. The van der Waals surface area contributed by atoms with Gasteiger partial charge in [-0.2, -0.15) is 0 Å². The second-order valence-electron chi connectivity index (χ2n) is 4.37. The number of aliphatic imine (C=N–C) groups is 1. The summed E-state index contributed by atoms with van der Waals surface area (Å²) in [6.45, 7) is 0.636.